The third-order valence-corrected chi connectivity index (χ3v) is 3.56. The number of nitrogens with two attached hydrogens (primary N) is 1. The van der Waals surface area contributed by atoms with Gasteiger partial charge in [0.25, 0.3) is 6.43 Å². The first-order valence-corrected chi connectivity index (χ1v) is 6.91. The molecule has 0 saturated carbocycles. The number of hydrogen-bond donors (Lipinski definition) is 1. The average molecular weight is 278 g/mol. The molecule has 1 unspecified atom stereocenters. The molecule has 18 heavy (non-hydrogen) atoms. The smallest absolute Gasteiger partial charge is 0.261 e. The van der Waals surface area contributed by atoms with Gasteiger partial charge in [0, 0.05) is 24.3 Å². The van der Waals surface area contributed by atoms with Crippen molar-refractivity contribution in [3.8, 4) is 0 Å². The molecule has 0 saturated heterocycles. The first-order valence-electron chi connectivity index (χ1n) is 6.03. The fourth-order valence-corrected chi connectivity index (χ4v) is 2.16. The minimum Gasteiger partial charge on any atom is -0.375 e. The van der Waals surface area contributed by atoms with Crippen LogP contribution in [0.1, 0.15) is 24.5 Å². The van der Waals surface area contributed by atoms with Crippen LogP contribution < -0.4 is 5.73 Å². The molecule has 0 aliphatic heterocycles. The number of ether oxygens (including phenoxy) is 1. The summed E-state index contributed by atoms with van der Waals surface area (Å²) in [5.41, 5.74) is 6.95. The van der Waals surface area contributed by atoms with Crippen molar-refractivity contribution in [2.45, 2.75) is 39.2 Å². The number of thiazole rings is 1. The monoisotopic (exact) mass is 278 g/mol. The van der Waals surface area contributed by atoms with Gasteiger partial charge in [-0.2, -0.15) is 0 Å². The van der Waals surface area contributed by atoms with E-state index in [1.807, 2.05) is 5.38 Å². The lowest BCUT2D eigenvalue weighted by molar-refractivity contribution is 0.0187. The zero-order valence-electron chi connectivity index (χ0n) is 10.7. The average Bonchev–Trinajstić information content (AvgIpc) is 2.72. The summed E-state index contributed by atoms with van der Waals surface area (Å²) in [5.74, 6) is 0.421. The summed E-state index contributed by atoms with van der Waals surface area (Å²) >= 11 is 1.53. The maximum atomic E-state index is 11.8. The zero-order valence-corrected chi connectivity index (χ0v) is 11.6. The highest BCUT2D eigenvalue weighted by Crippen LogP contribution is 2.14. The normalized spacial score (nSPS) is 13.5. The predicted molar refractivity (Wildman–Crippen MR) is 69.2 cm³/mol. The fraction of sp³-hybridized carbons (Fsp3) is 0.750. The molecule has 0 amide bonds. The molecule has 2 N–H and O–H groups in total. The van der Waals surface area contributed by atoms with Crippen LogP contribution in [0.15, 0.2) is 5.38 Å². The lowest BCUT2D eigenvalue weighted by Crippen LogP contribution is -2.28. The Bertz CT molecular complexity index is 345. The Labute approximate surface area is 110 Å². The van der Waals surface area contributed by atoms with Crippen molar-refractivity contribution >= 4 is 11.3 Å². The number of hydrogen-bond acceptors (Lipinski definition) is 4. The zero-order chi connectivity index (χ0) is 13.5. The second-order valence-corrected chi connectivity index (χ2v) is 5.50. The van der Waals surface area contributed by atoms with Gasteiger partial charge in [-0.25, -0.2) is 13.8 Å². The Morgan fingerprint density at radius 1 is 1.44 bits per heavy atom. The number of alkyl halides is 2. The first-order chi connectivity index (χ1) is 8.49. The maximum absolute atomic E-state index is 11.8. The highest BCUT2D eigenvalue weighted by molar-refractivity contribution is 7.09. The molecule has 0 fully saturated rings. The highest BCUT2D eigenvalue weighted by Gasteiger charge is 2.11. The lowest BCUT2D eigenvalue weighted by atomic mass is 10.0. The van der Waals surface area contributed by atoms with Gasteiger partial charge in [-0.1, -0.05) is 13.8 Å². The van der Waals surface area contributed by atoms with Gasteiger partial charge in [-0.15, -0.1) is 11.3 Å². The highest BCUT2D eigenvalue weighted by atomic mass is 32.1. The van der Waals surface area contributed by atoms with Gasteiger partial charge in [0.2, 0.25) is 0 Å². The molecule has 0 spiro atoms. The summed E-state index contributed by atoms with van der Waals surface area (Å²) in [5, 5.41) is 2.89. The van der Waals surface area contributed by atoms with E-state index >= 15 is 0 Å². The molecule has 1 rings (SSSR count). The Morgan fingerprint density at radius 2 is 2.17 bits per heavy atom. The molecular weight excluding hydrogens is 258 g/mol. The van der Waals surface area contributed by atoms with Gasteiger partial charge in [0.05, 0.1) is 17.3 Å². The molecule has 6 heteroatoms. The van der Waals surface area contributed by atoms with E-state index in [9.17, 15) is 8.78 Å². The third-order valence-electron chi connectivity index (χ3n) is 2.60. The molecule has 0 radical (unpaired) electrons. The summed E-state index contributed by atoms with van der Waals surface area (Å²) < 4.78 is 28.5. The Hall–Kier alpha value is -0.590. The quantitative estimate of drug-likeness (QED) is 0.743. The molecule has 0 aliphatic rings. The fourth-order valence-electron chi connectivity index (χ4n) is 1.37. The largest absolute Gasteiger partial charge is 0.375 e. The summed E-state index contributed by atoms with van der Waals surface area (Å²) in [6.45, 7) is 3.94. The van der Waals surface area contributed by atoms with E-state index in [2.05, 4.69) is 18.8 Å². The molecule has 1 aromatic rings. The van der Waals surface area contributed by atoms with Crippen molar-refractivity contribution in [2.75, 3.05) is 13.2 Å². The molecule has 0 aromatic carbocycles. The minimum absolute atomic E-state index is 0.107. The van der Waals surface area contributed by atoms with E-state index in [1.54, 1.807) is 0 Å². The van der Waals surface area contributed by atoms with Crippen LogP contribution in [-0.2, 0) is 17.6 Å². The number of aromatic nitrogens is 1. The number of halogens is 2. The van der Waals surface area contributed by atoms with Crippen molar-refractivity contribution < 1.29 is 13.5 Å². The van der Waals surface area contributed by atoms with Crippen molar-refractivity contribution in [1.82, 2.24) is 4.98 Å². The summed E-state index contributed by atoms with van der Waals surface area (Å²) in [6.07, 6.45) is -1.07. The SMILES string of the molecule is CC(C)C(N)Cc1csc(CCOCC(F)F)n1. The molecule has 1 aromatic heterocycles. The van der Waals surface area contributed by atoms with Crippen LogP contribution in [0.5, 0.6) is 0 Å². The van der Waals surface area contributed by atoms with E-state index in [-0.39, 0.29) is 12.6 Å². The van der Waals surface area contributed by atoms with Gasteiger partial charge in [-0.3, -0.25) is 0 Å². The standard InChI is InChI=1S/C12H20F2N2OS/c1-8(2)10(15)5-9-7-18-12(16-9)3-4-17-6-11(13)14/h7-8,10-11H,3-6,15H2,1-2H3. The third kappa shape index (κ3) is 5.84. The van der Waals surface area contributed by atoms with Gasteiger partial charge < -0.3 is 10.5 Å². The summed E-state index contributed by atoms with van der Waals surface area (Å²) in [6, 6.07) is 0.107. The predicted octanol–water partition coefficient (Wildman–Crippen LogP) is 2.49. The Kier molecular flexibility index (Phi) is 6.67. The van der Waals surface area contributed by atoms with Crippen LogP contribution >= 0.6 is 11.3 Å². The van der Waals surface area contributed by atoms with Gasteiger partial charge in [-0.05, 0) is 5.92 Å². The molecule has 1 atom stereocenters. The summed E-state index contributed by atoms with van der Waals surface area (Å²) in [7, 11) is 0. The van der Waals surface area contributed by atoms with Crippen LogP contribution in [0.3, 0.4) is 0 Å². The van der Waals surface area contributed by atoms with Crippen molar-refractivity contribution in [2.24, 2.45) is 11.7 Å². The topological polar surface area (TPSA) is 48.1 Å². The second-order valence-electron chi connectivity index (χ2n) is 4.56. The maximum Gasteiger partial charge on any atom is 0.261 e. The van der Waals surface area contributed by atoms with E-state index in [0.717, 1.165) is 17.1 Å². The van der Waals surface area contributed by atoms with E-state index < -0.39 is 13.0 Å². The van der Waals surface area contributed by atoms with Crippen LogP contribution in [0.2, 0.25) is 0 Å². The number of nitrogens with zero attached hydrogens (tertiary/aromatic N) is 1. The second kappa shape index (κ2) is 7.76. The first kappa shape index (κ1) is 15.5. The Balaban J connectivity index is 2.30. The molecule has 0 bridgehead atoms. The lowest BCUT2D eigenvalue weighted by Gasteiger charge is -2.13. The van der Waals surface area contributed by atoms with Crippen molar-refractivity contribution in [3.63, 3.8) is 0 Å². The van der Waals surface area contributed by atoms with E-state index in [1.165, 1.54) is 11.3 Å². The van der Waals surface area contributed by atoms with Crippen LogP contribution in [-0.4, -0.2) is 30.7 Å². The van der Waals surface area contributed by atoms with Gasteiger partial charge in [0.1, 0.15) is 6.61 Å². The van der Waals surface area contributed by atoms with Crippen LogP contribution in [0, 0.1) is 5.92 Å². The van der Waals surface area contributed by atoms with Gasteiger partial charge >= 0.3 is 0 Å². The summed E-state index contributed by atoms with van der Waals surface area (Å²) in [4.78, 5) is 4.42. The van der Waals surface area contributed by atoms with Crippen molar-refractivity contribution in [1.29, 1.82) is 0 Å². The molecule has 0 aliphatic carbocycles. The number of rotatable bonds is 8. The van der Waals surface area contributed by atoms with Crippen molar-refractivity contribution in [3.05, 3.63) is 16.1 Å². The molecule has 1 heterocycles. The van der Waals surface area contributed by atoms with Crippen LogP contribution in [0.4, 0.5) is 8.78 Å². The van der Waals surface area contributed by atoms with Gasteiger partial charge in [0.15, 0.2) is 0 Å². The molecular formula is C12H20F2N2OS. The van der Waals surface area contributed by atoms with Crippen LogP contribution in [0.25, 0.3) is 0 Å². The minimum atomic E-state index is -2.40. The molecule has 104 valence electrons. The van der Waals surface area contributed by atoms with E-state index in [4.69, 9.17) is 10.5 Å². The molecule has 3 nitrogen and oxygen atoms in total. The Morgan fingerprint density at radius 3 is 2.78 bits per heavy atom. The van der Waals surface area contributed by atoms with E-state index in [0.29, 0.717) is 12.3 Å².